The zero-order valence-corrected chi connectivity index (χ0v) is 22.8. The molecular formula is C25H29ClN2O4S3. The van der Waals surface area contributed by atoms with E-state index >= 15 is 0 Å². The van der Waals surface area contributed by atoms with Crippen molar-refractivity contribution in [3.63, 3.8) is 0 Å². The van der Waals surface area contributed by atoms with Crippen LogP contribution in [0.3, 0.4) is 0 Å². The Labute approximate surface area is 220 Å². The van der Waals surface area contributed by atoms with Crippen molar-refractivity contribution in [1.82, 2.24) is 9.62 Å². The Bertz CT molecular complexity index is 1200. The molecule has 0 aromatic heterocycles. The quantitative estimate of drug-likeness (QED) is 0.396. The van der Waals surface area contributed by atoms with Crippen LogP contribution in [-0.4, -0.2) is 66.7 Å². The van der Waals surface area contributed by atoms with Gasteiger partial charge in [0.1, 0.15) is 10.1 Å². The number of benzene rings is 2. The molecule has 0 saturated heterocycles. The first kappa shape index (κ1) is 26.6. The van der Waals surface area contributed by atoms with Crippen molar-refractivity contribution >= 4 is 56.0 Å². The number of aliphatic carboxylic acids is 1. The molecule has 0 amide bonds. The number of nitrogens with zero attached hydrogens (tertiary/aromatic N) is 1. The van der Waals surface area contributed by atoms with E-state index in [-0.39, 0.29) is 6.42 Å². The first-order valence-corrected chi connectivity index (χ1v) is 15.2. The van der Waals surface area contributed by atoms with E-state index in [1.165, 1.54) is 11.8 Å². The van der Waals surface area contributed by atoms with Gasteiger partial charge in [0.05, 0.1) is 0 Å². The molecule has 3 unspecified atom stereocenters. The van der Waals surface area contributed by atoms with Crippen LogP contribution in [-0.2, 0) is 20.2 Å². The van der Waals surface area contributed by atoms with Crippen LogP contribution >= 0.6 is 35.1 Å². The molecule has 2 aliphatic rings. The lowest BCUT2D eigenvalue weighted by molar-refractivity contribution is -0.140. The second-order valence-electron chi connectivity index (χ2n) is 9.20. The van der Waals surface area contributed by atoms with Crippen molar-refractivity contribution in [3.8, 4) is 0 Å². The highest BCUT2D eigenvalue weighted by atomic mass is 35.5. The first-order valence-electron chi connectivity index (χ1n) is 11.3. The van der Waals surface area contributed by atoms with Crippen LogP contribution in [0.4, 0.5) is 0 Å². The fraction of sp³-hybridized carbons (Fsp3) is 0.400. The van der Waals surface area contributed by atoms with Crippen molar-refractivity contribution in [2.75, 3.05) is 32.1 Å². The Kier molecular flexibility index (Phi) is 7.95. The number of rotatable bonds is 11. The van der Waals surface area contributed by atoms with E-state index in [0.29, 0.717) is 17.2 Å². The predicted octanol–water partition coefficient (Wildman–Crippen LogP) is 4.52. The van der Waals surface area contributed by atoms with Crippen LogP contribution in [0.25, 0.3) is 4.91 Å². The van der Waals surface area contributed by atoms with E-state index in [4.69, 9.17) is 11.6 Å². The molecule has 2 aromatic carbocycles. The number of carbonyl (C=O) groups is 1. The monoisotopic (exact) mass is 552 g/mol. The summed E-state index contributed by atoms with van der Waals surface area (Å²) in [5.74, 6) is 0.217. The number of nitrogens with one attached hydrogen (secondary N) is 1. The lowest BCUT2D eigenvalue weighted by Crippen LogP contribution is -2.51. The molecule has 0 spiro atoms. The second-order valence-corrected chi connectivity index (χ2v) is 14.1. The number of carboxylic acids is 1. The lowest BCUT2D eigenvalue weighted by Gasteiger charge is -2.26. The van der Waals surface area contributed by atoms with Gasteiger partial charge < -0.3 is 10.0 Å². The van der Waals surface area contributed by atoms with Crippen molar-refractivity contribution in [2.45, 2.75) is 28.4 Å². The fourth-order valence-electron chi connectivity index (χ4n) is 4.46. The SMILES string of the molecule is CN(C)CCSCC1(c2ccccc2)CC1(NS(=O)(=O)C1CC=C(c2ccc(Cl)cc2)S1)C(=O)O. The number of halogens is 1. The van der Waals surface area contributed by atoms with Crippen molar-refractivity contribution in [1.29, 1.82) is 0 Å². The number of thioether (sulfide) groups is 2. The van der Waals surface area contributed by atoms with Gasteiger partial charge in [-0.1, -0.05) is 60.1 Å². The topological polar surface area (TPSA) is 86.7 Å². The standard InChI is InChI=1S/C25H29ClN2O4S3/c1-28(2)14-15-33-17-24(19-6-4-3-5-7-19)16-25(24,23(29)30)27-35(31,32)22-13-12-21(34-22)18-8-10-20(26)11-9-18/h3-12,22,27H,13-17H2,1-2H3,(H,29,30). The normalized spacial score (nSPS) is 26.1. The highest BCUT2D eigenvalue weighted by Gasteiger charge is 2.74. The van der Waals surface area contributed by atoms with Gasteiger partial charge in [0.25, 0.3) is 0 Å². The molecule has 188 valence electrons. The van der Waals surface area contributed by atoms with Crippen LogP contribution in [0, 0.1) is 0 Å². The van der Waals surface area contributed by atoms with Crippen molar-refractivity contribution < 1.29 is 18.3 Å². The van der Waals surface area contributed by atoms with E-state index in [0.717, 1.165) is 28.3 Å². The molecule has 0 bridgehead atoms. The maximum atomic E-state index is 13.5. The Morgan fingerprint density at radius 1 is 1.20 bits per heavy atom. The maximum Gasteiger partial charge on any atom is 0.325 e. The minimum Gasteiger partial charge on any atom is -0.480 e. The largest absolute Gasteiger partial charge is 0.480 e. The van der Waals surface area contributed by atoms with E-state index < -0.39 is 31.5 Å². The van der Waals surface area contributed by atoms with Crippen LogP contribution in [0.5, 0.6) is 0 Å². The molecule has 2 aromatic rings. The van der Waals surface area contributed by atoms with Crippen LogP contribution in [0.2, 0.25) is 5.02 Å². The van der Waals surface area contributed by atoms with Gasteiger partial charge in [0.15, 0.2) is 0 Å². The van der Waals surface area contributed by atoms with Crippen LogP contribution in [0.1, 0.15) is 24.0 Å². The predicted molar refractivity (Wildman–Crippen MR) is 146 cm³/mol. The third-order valence-corrected chi connectivity index (χ3v) is 11.6. The molecule has 0 radical (unpaired) electrons. The number of allylic oxidation sites excluding steroid dienone is 1. The van der Waals surface area contributed by atoms with Gasteiger partial charge in [0, 0.05) is 33.4 Å². The van der Waals surface area contributed by atoms with E-state index in [1.807, 2.05) is 62.6 Å². The Hall–Kier alpha value is -1.49. The summed E-state index contributed by atoms with van der Waals surface area (Å²) in [4.78, 5) is 15.6. The third-order valence-electron chi connectivity index (χ3n) is 6.53. The highest BCUT2D eigenvalue weighted by Crippen LogP contribution is 2.60. The highest BCUT2D eigenvalue weighted by molar-refractivity contribution is 8.18. The van der Waals surface area contributed by atoms with Gasteiger partial charge in [-0.05, 0) is 50.2 Å². The molecule has 6 nitrogen and oxygen atoms in total. The van der Waals surface area contributed by atoms with E-state index in [9.17, 15) is 18.3 Å². The van der Waals surface area contributed by atoms with Crippen molar-refractivity contribution in [3.05, 3.63) is 76.8 Å². The molecule has 1 aliphatic heterocycles. The van der Waals surface area contributed by atoms with E-state index in [1.54, 1.807) is 23.9 Å². The zero-order valence-electron chi connectivity index (χ0n) is 19.6. The van der Waals surface area contributed by atoms with Gasteiger partial charge in [-0.25, -0.2) is 8.42 Å². The Morgan fingerprint density at radius 3 is 2.51 bits per heavy atom. The molecule has 4 rings (SSSR count). The minimum atomic E-state index is -3.94. The molecule has 1 heterocycles. The summed E-state index contributed by atoms with van der Waals surface area (Å²) in [5.41, 5.74) is -0.629. The lowest BCUT2D eigenvalue weighted by atomic mass is 9.92. The smallest absolute Gasteiger partial charge is 0.325 e. The number of hydrogen-bond donors (Lipinski definition) is 2. The summed E-state index contributed by atoms with van der Waals surface area (Å²) in [6.45, 7) is 0.860. The number of carboxylic acid groups (broad SMARTS) is 1. The molecule has 35 heavy (non-hydrogen) atoms. The molecule has 1 fully saturated rings. The van der Waals surface area contributed by atoms with Gasteiger partial charge in [0.2, 0.25) is 10.0 Å². The molecule has 2 N–H and O–H groups in total. The average molecular weight is 553 g/mol. The average Bonchev–Trinajstić information content (AvgIpc) is 3.19. The minimum absolute atomic E-state index is 0.225. The summed E-state index contributed by atoms with van der Waals surface area (Å²) < 4.78 is 28.9. The van der Waals surface area contributed by atoms with Crippen LogP contribution in [0.15, 0.2) is 60.7 Å². The van der Waals surface area contributed by atoms with Gasteiger partial charge in [-0.15, -0.1) is 11.8 Å². The second kappa shape index (κ2) is 10.5. The molecule has 3 atom stereocenters. The summed E-state index contributed by atoms with van der Waals surface area (Å²) in [5, 5.41) is 10.9. The van der Waals surface area contributed by atoms with E-state index in [2.05, 4.69) is 9.62 Å². The third kappa shape index (κ3) is 5.45. The Balaban J connectivity index is 1.55. The van der Waals surface area contributed by atoms with Crippen molar-refractivity contribution in [2.24, 2.45) is 0 Å². The fourth-order valence-corrected chi connectivity index (χ4v) is 9.31. The zero-order chi connectivity index (χ0) is 25.3. The van der Waals surface area contributed by atoms with Gasteiger partial charge in [-0.2, -0.15) is 16.5 Å². The summed E-state index contributed by atoms with van der Waals surface area (Å²) in [6, 6.07) is 16.7. The molecular weight excluding hydrogens is 524 g/mol. The number of hydrogen-bond acceptors (Lipinski definition) is 6. The molecule has 1 aliphatic carbocycles. The van der Waals surface area contributed by atoms with Gasteiger partial charge >= 0.3 is 5.97 Å². The maximum absolute atomic E-state index is 13.5. The number of sulfonamides is 1. The summed E-state index contributed by atoms with van der Waals surface area (Å²) >= 11 is 8.87. The Morgan fingerprint density at radius 2 is 1.89 bits per heavy atom. The molecule has 10 heteroatoms. The summed E-state index contributed by atoms with van der Waals surface area (Å²) in [7, 11) is 0.0481. The van der Waals surface area contributed by atoms with Crippen LogP contribution < -0.4 is 4.72 Å². The molecule has 1 saturated carbocycles. The summed E-state index contributed by atoms with van der Waals surface area (Å²) in [6.07, 6.45) is 2.42. The first-order chi connectivity index (χ1) is 16.6. The van der Waals surface area contributed by atoms with Gasteiger partial charge in [-0.3, -0.25) is 4.79 Å².